The molecule has 1 atom stereocenters. The minimum atomic E-state index is -3.84. The second kappa shape index (κ2) is 6.58. The molecule has 1 aliphatic heterocycles. The van der Waals surface area contributed by atoms with E-state index in [0.29, 0.717) is 23.4 Å². The Hall–Kier alpha value is -2.07. The summed E-state index contributed by atoms with van der Waals surface area (Å²) in [6.45, 7) is 3.49. The first-order chi connectivity index (χ1) is 12.1. The molecule has 2 aromatic rings. The molecule has 0 saturated carbocycles. The largest absolute Gasteiger partial charge is 0.496 e. The summed E-state index contributed by atoms with van der Waals surface area (Å²) in [6, 6.07) is 5.80. The van der Waals surface area contributed by atoms with Crippen LogP contribution in [-0.2, 0) is 19.9 Å². The number of sulfonamides is 1. The summed E-state index contributed by atoms with van der Waals surface area (Å²) in [5.74, 6) is 0.907. The number of benzene rings is 1. The van der Waals surface area contributed by atoms with Crippen LogP contribution in [0, 0.1) is 13.8 Å². The maximum atomic E-state index is 12.7. The number of ether oxygens (including phenoxy) is 1. The molecule has 0 bridgehead atoms. The van der Waals surface area contributed by atoms with Gasteiger partial charge in [-0.1, -0.05) is 0 Å². The van der Waals surface area contributed by atoms with Crippen LogP contribution in [0.5, 0.6) is 5.75 Å². The van der Waals surface area contributed by atoms with E-state index >= 15 is 0 Å². The number of nitrogens with zero attached hydrogens (tertiary/aromatic N) is 2. The van der Waals surface area contributed by atoms with Crippen LogP contribution in [0.25, 0.3) is 0 Å². The van der Waals surface area contributed by atoms with Crippen LogP contribution < -0.4 is 9.46 Å². The number of methoxy groups -OCH3 is 1. The van der Waals surface area contributed by atoms with E-state index in [1.807, 2.05) is 0 Å². The average molecular weight is 399 g/mol. The highest BCUT2D eigenvalue weighted by Gasteiger charge is 2.32. The summed E-state index contributed by atoms with van der Waals surface area (Å²) < 4.78 is 58.1. The standard InChI is InChI=1S/C16H21N3O5S2/c1-11-8-14(4-5-15(11)24-3)26(22,23)18-16-9-12(2)17-19(16)13-6-7-25(20,21)10-13/h4-5,8-9,13,18H,6-7,10H2,1-3H3/t13-/m0/s1. The van der Waals surface area contributed by atoms with Gasteiger partial charge in [0.15, 0.2) is 9.84 Å². The van der Waals surface area contributed by atoms with Crippen molar-refractivity contribution in [1.82, 2.24) is 9.78 Å². The summed E-state index contributed by atoms with van der Waals surface area (Å²) >= 11 is 0. The summed E-state index contributed by atoms with van der Waals surface area (Å²) in [7, 11) is -5.44. The second-order valence-corrected chi connectivity index (χ2v) is 10.3. The Balaban J connectivity index is 1.92. The van der Waals surface area contributed by atoms with Gasteiger partial charge in [-0.2, -0.15) is 5.10 Å². The first-order valence-electron chi connectivity index (χ1n) is 8.05. The van der Waals surface area contributed by atoms with Gasteiger partial charge in [-0.3, -0.25) is 4.72 Å². The summed E-state index contributed by atoms with van der Waals surface area (Å²) in [4.78, 5) is 0.0975. The number of aryl methyl sites for hydroxylation is 2. The molecule has 1 saturated heterocycles. The highest BCUT2D eigenvalue weighted by Crippen LogP contribution is 2.29. The normalized spacial score (nSPS) is 19.4. The van der Waals surface area contributed by atoms with Crippen molar-refractivity contribution in [3.8, 4) is 5.75 Å². The van der Waals surface area contributed by atoms with Crippen molar-refractivity contribution in [3.63, 3.8) is 0 Å². The van der Waals surface area contributed by atoms with Crippen molar-refractivity contribution in [1.29, 1.82) is 0 Å². The number of hydrogen-bond donors (Lipinski definition) is 1. The molecule has 10 heteroatoms. The van der Waals surface area contributed by atoms with Crippen molar-refractivity contribution in [3.05, 3.63) is 35.5 Å². The molecule has 1 N–H and O–H groups in total. The van der Waals surface area contributed by atoms with Gasteiger partial charge < -0.3 is 4.74 Å². The Bertz CT molecular complexity index is 1040. The highest BCUT2D eigenvalue weighted by atomic mass is 32.2. The molecule has 2 heterocycles. The lowest BCUT2D eigenvalue weighted by atomic mass is 10.2. The van der Waals surface area contributed by atoms with Crippen molar-refractivity contribution in [2.75, 3.05) is 23.3 Å². The van der Waals surface area contributed by atoms with E-state index in [4.69, 9.17) is 4.74 Å². The van der Waals surface area contributed by atoms with E-state index in [1.54, 1.807) is 26.0 Å². The van der Waals surface area contributed by atoms with Gasteiger partial charge in [-0.15, -0.1) is 0 Å². The number of anilines is 1. The number of nitrogens with one attached hydrogen (secondary N) is 1. The Labute approximate surface area is 153 Å². The van der Waals surface area contributed by atoms with E-state index in [1.165, 1.54) is 23.9 Å². The zero-order chi connectivity index (χ0) is 19.1. The molecular formula is C16H21N3O5S2. The zero-order valence-electron chi connectivity index (χ0n) is 14.8. The van der Waals surface area contributed by atoms with Gasteiger partial charge in [0.2, 0.25) is 0 Å². The van der Waals surface area contributed by atoms with Crippen LogP contribution in [0.3, 0.4) is 0 Å². The lowest BCUT2D eigenvalue weighted by molar-refractivity contribution is 0.411. The van der Waals surface area contributed by atoms with E-state index in [0.717, 1.165) is 0 Å². The van der Waals surface area contributed by atoms with Crippen molar-refractivity contribution in [2.24, 2.45) is 0 Å². The Morgan fingerprint density at radius 1 is 1.27 bits per heavy atom. The molecule has 26 heavy (non-hydrogen) atoms. The predicted octanol–water partition coefficient (Wildman–Crippen LogP) is 1.67. The average Bonchev–Trinajstić information content (AvgIpc) is 3.08. The molecule has 8 nitrogen and oxygen atoms in total. The molecule has 0 aliphatic carbocycles. The van der Waals surface area contributed by atoms with Crippen molar-refractivity contribution >= 4 is 25.7 Å². The Kier molecular flexibility index (Phi) is 4.74. The summed E-state index contributed by atoms with van der Waals surface area (Å²) in [5.41, 5.74) is 1.31. The fourth-order valence-electron chi connectivity index (χ4n) is 3.05. The van der Waals surface area contributed by atoms with Crippen LogP contribution >= 0.6 is 0 Å². The maximum absolute atomic E-state index is 12.7. The number of aromatic nitrogens is 2. The first-order valence-corrected chi connectivity index (χ1v) is 11.4. The van der Waals surface area contributed by atoms with Crippen LogP contribution in [-0.4, -0.2) is 45.2 Å². The third-order valence-corrected chi connectivity index (χ3v) is 7.43. The van der Waals surface area contributed by atoms with Crippen molar-refractivity contribution in [2.45, 2.75) is 31.2 Å². The van der Waals surface area contributed by atoms with Gasteiger partial charge in [0.1, 0.15) is 11.6 Å². The molecule has 1 fully saturated rings. The van der Waals surface area contributed by atoms with Gasteiger partial charge in [0.05, 0.1) is 35.2 Å². The van der Waals surface area contributed by atoms with Gasteiger partial charge in [0, 0.05) is 6.07 Å². The number of sulfone groups is 1. The minimum Gasteiger partial charge on any atom is -0.496 e. The summed E-state index contributed by atoms with van der Waals surface area (Å²) in [6.07, 6.45) is 0.416. The van der Waals surface area contributed by atoms with Crippen LogP contribution in [0.4, 0.5) is 5.82 Å². The van der Waals surface area contributed by atoms with Crippen molar-refractivity contribution < 1.29 is 21.6 Å². The number of rotatable bonds is 5. The fraction of sp³-hybridized carbons (Fsp3) is 0.438. The van der Waals surface area contributed by atoms with Gasteiger partial charge in [-0.05, 0) is 44.0 Å². The first kappa shape index (κ1) is 18.7. The Morgan fingerprint density at radius 2 is 2.00 bits per heavy atom. The molecule has 0 unspecified atom stereocenters. The monoisotopic (exact) mass is 399 g/mol. The van der Waals surface area contributed by atoms with Crippen LogP contribution in [0.1, 0.15) is 23.7 Å². The molecular weight excluding hydrogens is 378 g/mol. The SMILES string of the molecule is COc1ccc(S(=O)(=O)Nc2cc(C)nn2[C@H]2CCS(=O)(=O)C2)cc1C. The maximum Gasteiger partial charge on any atom is 0.263 e. The van der Waals surface area contributed by atoms with E-state index in [9.17, 15) is 16.8 Å². The number of hydrogen-bond acceptors (Lipinski definition) is 6. The lowest BCUT2D eigenvalue weighted by Crippen LogP contribution is -2.20. The third kappa shape index (κ3) is 3.70. The molecule has 1 aromatic carbocycles. The van der Waals surface area contributed by atoms with Crippen LogP contribution in [0.2, 0.25) is 0 Å². The van der Waals surface area contributed by atoms with Crippen LogP contribution in [0.15, 0.2) is 29.2 Å². The van der Waals surface area contributed by atoms with E-state index in [-0.39, 0.29) is 28.3 Å². The molecule has 0 radical (unpaired) electrons. The van der Waals surface area contributed by atoms with Gasteiger partial charge >= 0.3 is 0 Å². The summed E-state index contributed by atoms with van der Waals surface area (Å²) in [5, 5.41) is 4.29. The smallest absolute Gasteiger partial charge is 0.263 e. The molecule has 1 aliphatic rings. The minimum absolute atomic E-state index is 0.0372. The Morgan fingerprint density at radius 3 is 2.58 bits per heavy atom. The predicted molar refractivity (Wildman–Crippen MR) is 97.8 cm³/mol. The van der Waals surface area contributed by atoms with E-state index in [2.05, 4.69) is 9.82 Å². The van der Waals surface area contributed by atoms with Gasteiger partial charge in [0.25, 0.3) is 10.0 Å². The lowest BCUT2D eigenvalue weighted by Gasteiger charge is -2.15. The fourth-order valence-corrected chi connectivity index (χ4v) is 5.87. The molecule has 3 rings (SSSR count). The molecule has 0 amide bonds. The van der Waals surface area contributed by atoms with E-state index < -0.39 is 19.9 Å². The molecule has 1 aromatic heterocycles. The highest BCUT2D eigenvalue weighted by molar-refractivity contribution is 7.92. The zero-order valence-corrected chi connectivity index (χ0v) is 16.4. The molecule has 142 valence electrons. The topological polar surface area (TPSA) is 107 Å². The molecule has 0 spiro atoms. The van der Waals surface area contributed by atoms with Gasteiger partial charge in [-0.25, -0.2) is 21.5 Å². The quantitative estimate of drug-likeness (QED) is 0.819. The second-order valence-electron chi connectivity index (χ2n) is 6.41. The third-order valence-electron chi connectivity index (χ3n) is 4.33.